The number of fused-ring (bicyclic) bond motifs is 1. The zero-order valence-corrected chi connectivity index (χ0v) is 15.3. The lowest BCUT2D eigenvalue weighted by Gasteiger charge is -2.12. The van der Waals surface area contributed by atoms with Crippen LogP contribution < -0.4 is 9.47 Å². The van der Waals surface area contributed by atoms with Gasteiger partial charge in [-0.05, 0) is 42.3 Å². The molecule has 27 heavy (non-hydrogen) atoms. The van der Waals surface area contributed by atoms with Crippen molar-refractivity contribution in [2.75, 3.05) is 0 Å². The number of aryl methyl sites for hydroxylation is 1. The predicted octanol–water partition coefficient (Wildman–Crippen LogP) is 6.04. The molecule has 142 valence electrons. The number of alkyl halides is 3. The van der Waals surface area contributed by atoms with Gasteiger partial charge in [-0.2, -0.15) is 0 Å². The van der Waals surface area contributed by atoms with Gasteiger partial charge < -0.3 is 14.6 Å². The quantitative estimate of drug-likeness (QED) is 0.551. The minimum Gasteiger partial charge on any atom is -0.487 e. The van der Waals surface area contributed by atoms with Crippen molar-refractivity contribution in [3.8, 4) is 11.5 Å². The molecule has 3 aromatic rings. The van der Waals surface area contributed by atoms with Gasteiger partial charge in [0.15, 0.2) is 0 Å². The molecule has 9 heteroatoms. The van der Waals surface area contributed by atoms with Crippen LogP contribution in [0.15, 0.2) is 36.4 Å². The zero-order valence-electron chi connectivity index (χ0n) is 13.8. The fraction of sp³-hybridized carbons (Fsp3) is 0.167. The highest BCUT2D eigenvalue weighted by atomic mass is 35.5. The smallest absolute Gasteiger partial charge is 0.487 e. The molecule has 0 fully saturated rings. The summed E-state index contributed by atoms with van der Waals surface area (Å²) in [5, 5.41) is 10.0. The summed E-state index contributed by atoms with van der Waals surface area (Å²) in [6.07, 6.45) is -4.76. The summed E-state index contributed by atoms with van der Waals surface area (Å²) in [6.45, 7) is 1.74. The van der Waals surface area contributed by atoms with Crippen molar-refractivity contribution >= 4 is 39.0 Å². The molecule has 0 saturated heterocycles. The number of ether oxygens (including phenoxy) is 2. The van der Waals surface area contributed by atoms with Crippen molar-refractivity contribution in [1.29, 1.82) is 0 Å². The van der Waals surface area contributed by atoms with Gasteiger partial charge in [0.1, 0.15) is 23.7 Å². The number of hydrogen-bond acceptors (Lipinski definition) is 4. The standard InChI is InChI=1S/C18H12ClF3O4S/c1-9-14-13(27-16(9)19)7-6-12(17(23)24)15(14)25-8-10-2-4-11(5-3-10)26-18(20,21)22/h2-7H,8H2,1H3,(H,23,24). The van der Waals surface area contributed by atoms with Crippen molar-refractivity contribution < 1.29 is 32.5 Å². The van der Waals surface area contributed by atoms with E-state index in [9.17, 15) is 23.1 Å². The highest BCUT2D eigenvalue weighted by Gasteiger charge is 2.31. The van der Waals surface area contributed by atoms with Crippen molar-refractivity contribution in [1.82, 2.24) is 0 Å². The molecule has 0 aliphatic carbocycles. The van der Waals surface area contributed by atoms with E-state index in [-0.39, 0.29) is 23.7 Å². The lowest BCUT2D eigenvalue weighted by atomic mass is 10.1. The Balaban J connectivity index is 1.88. The lowest BCUT2D eigenvalue weighted by molar-refractivity contribution is -0.274. The molecular formula is C18H12ClF3O4S. The zero-order chi connectivity index (χ0) is 19.8. The van der Waals surface area contributed by atoms with Crippen LogP contribution in [0.2, 0.25) is 4.34 Å². The second-order valence-corrected chi connectivity index (χ2v) is 7.26. The third kappa shape index (κ3) is 4.28. The monoisotopic (exact) mass is 416 g/mol. The molecule has 0 spiro atoms. The average molecular weight is 417 g/mol. The highest BCUT2D eigenvalue weighted by Crippen LogP contribution is 2.42. The van der Waals surface area contributed by atoms with Crippen LogP contribution in [0.1, 0.15) is 21.5 Å². The van der Waals surface area contributed by atoms with E-state index in [1.54, 1.807) is 13.0 Å². The fourth-order valence-corrected chi connectivity index (χ4v) is 3.81. The minimum atomic E-state index is -4.76. The van der Waals surface area contributed by atoms with Crippen LogP contribution in [0.25, 0.3) is 10.1 Å². The van der Waals surface area contributed by atoms with Crippen molar-refractivity contribution in [2.24, 2.45) is 0 Å². The van der Waals surface area contributed by atoms with E-state index in [1.807, 2.05) is 0 Å². The van der Waals surface area contributed by atoms with Gasteiger partial charge in [-0.15, -0.1) is 24.5 Å². The molecule has 0 saturated carbocycles. The molecule has 0 unspecified atom stereocenters. The van der Waals surface area contributed by atoms with Gasteiger partial charge in [0, 0.05) is 10.1 Å². The molecule has 4 nitrogen and oxygen atoms in total. The van der Waals surface area contributed by atoms with Crippen LogP contribution in [-0.2, 0) is 6.61 Å². The van der Waals surface area contributed by atoms with Gasteiger partial charge >= 0.3 is 12.3 Å². The van der Waals surface area contributed by atoms with E-state index >= 15 is 0 Å². The number of aromatic carboxylic acids is 1. The number of rotatable bonds is 5. The maximum Gasteiger partial charge on any atom is 0.573 e. The predicted molar refractivity (Wildman–Crippen MR) is 96.0 cm³/mol. The summed E-state index contributed by atoms with van der Waals surface area (Å²) < 4.78 is 47.5. The first kappa shape index (κ1) is 19.3. The van der Waals surface area contributed by atoms with Gasteiger partial charge in [0.2, 0.25) is 0 Å². The van der Waals surface area contributed by atoms with E-state index in [0.29, 0.717) is 20.8 Å². The summed E-state index contributed by atoms with van der Waals surface area (Å²) in [7, 11) is 0. The first-order chi connectivity index (χ1) is 12.7. The van der Waals surface area contributed by atoms with Gasteiger partial charge in [0.25, 0.3) is 0 Å². The molecule has 1 aromatic heterocycles. The van der Waals surface area contributed by atoms with Crippen LogP contribution in [0.5, 0.6) is 11.5 Å². The Bertz CT molecular complexity index is 996. The first-order valence-corrected chi connectivity index (χ1v) is 8.77. The number of carboxylic acid groups (broad SMARTS) is 1. The summed E-state index contributed by atoms with van der Waals surface area (Å²) in [5.41, 5.74) is 1.25. The van der Waals surface area contributed by atoms with E-state index in [0.717, 1.165) is 16.8 Å². The van der Waals surface area contributed by atoms with Crippen LogP contribution in [0, 0.1) is 6.92 Å². The number of carbonyl (C=O) groups is 1. The molecule has 2 aromatic carbocycles. The first-order valence-electron chi connectivity index (χ1n) is 7.58. The number of hydrogen-bond donors (Lipinski definition) is 1. The van der Waals surface area contributed by atoms with E-state index in [1.165, 1.54) is 29.5 Å². The number of carboxylic acids is 1. The topological polar surface area (TPSA) is 55.8 Å². The largest absolute Gasteiger partial charge is 0.573 e. The molecule has 0 radical (unpaired) electrons. The Morgan fingerprint density at radius 3 is 2.44 bits per heavy atom. The molecule has 0 amide bonds. The summed E-state index contributed by atoms with van der Waals surface area (Å²) in [4.78, 5) is 11.5. The normalized spacial score (nSPS) is 11.6. The minimum absolute atomic E-state index is 0.0166. The van der Waals surface area contributed by atoms with E-state index in [4.69, 9.17) is 16.3 Å². The average Bonchev–Trinajstić information content (AvgIpc) is 2.87. The summed E-state index contributed by atoms with van der Waals surface area (Å²) in [6, 6.07) is 8.25. The Kier molecular flexibility index (Phi) is 5.21. The summed E-state index contributed by atoms with van der Waals surface area (Å²) in [5.74, 6) is -1.32. The molecule has 1 heterocycles. The molecule has 3 rings (SSSR count). The Morgan fingerprint density at radius 2 is 1.85 bits per heavy atom. The van der Waals surface area contributed by atoms with E-state index in [2.05, 4.69) is 4.74 Å². The molecule has 0 bridgehead atoms. The SMILES string of the molecule is Cc1c(Cl)sc2ccc(C(=O)O)c(OCc3ccc(OC(F)(F)F)cc3)c12. The third-order valence-electron chi connectivity index (χ3n) is 3.76. The highest BCUT2D eigenvalue weighted by molar-refractivity contribution is 7.23. The van der Waals surface area contributed by atoms with Crippen LogP contribution in [0.3, 0.4) is 0 Å². The number of benzene rings is 2. The molecular weight excluding hydrogens is 405 g/mol. The lowest BCUT2D eigenvalue weighted by Crippen LogP contribution is -2.17. The van der Waals surface area contributed by atoms with Crippen molar-refractivity contribution in [3.05, 3.63) is 57.4 Å². The maximum absolute atomic E-state index is 12.2. The number of thiophene rings is 1. The Morgan fingerprint density at radius 1 is 1.19 bits per heavy atom. The van der Waals surface area contributed by atoms with Gasteiger partial charge in [0.05, 0.1) is 4.34 Å². The Hall–Kier alpha value is -2.45. The van der Waals surface area contributed by atoms with Crippen LogP contribution in [-0.4, -0.2) is 17.4 Å². The fourth-order valence-electron chi connectivity index (χ4n) is 2.54. The van der Waals surface area contributed by atoms with Crippen LogP contribution in [0.4, 0.5) is 13.2 Å². The van der Waals surface area contributed by atoms with Crippen LogP contribution >= 0.6 is 22.9 Å². The Labute approximate surface area is 160 Å². The second kappa shape index (κ2) is 7.28. The molecule has 1 N–H and O–H groups in total. The van der Waals surface area contributed by atoms with Crippen molar-refractivity contribution in [3.63, 3.8) is 0 Å². The second-order valence-electron chi connectivity index (χ2n) is 5.60. The number of halogens is 4. The maximum atomic E-state index is 12.2. The summed E-state index contributed by atoms with van der Waals surface area (Å²) >= 11 is 7.46. The van der Waals surface area contributed by atoms with Crippen molar-refractivity contribution in [2.45, 2.75) is 19.9 Å². The van der Waals surface area contributed by atoms with Gasteiger partial charge in [-0.25, -0.2) is 4.79 Å². The molecule has 0 aliphatic rings. The molecule has 0 aliphatic heterocycles. The third-order valence-corrected chi connectivity index (χ3v) is 5.32. The molecule has 0 atom stereocenters. The van der Waals surface area contributed by atoms with Gasteiger partial charge in [-0.3, -0.25) is 0 Å². The van der Waals surface area contributed by atoms with E-state index < -0.39 is 12.3 Å². The van der Waals surface area contributed by atoms with Gasteiger partial charge in [-0.1, -0.05) is 23.7 Å².